The molecule has 1 amide bonds. The highest BCUT2D eigenvalue weighted by Crippen LogP contribution is 2.31. The van der Waals surface area contributed by atoms with Crippen LogP contribution < -0.4 is 0 Å². The lowest BCUT2D eigenvalue weighted by atomic mass is 9.92. The molecule has 1 aliphatic carbocycles. The average molecular weight is 365 g/mol. The summed E-state index contributed by atoms with van der Waals surface area (Å²) < 4.78 is 24.2. The highest BCUT2D eigenvalue weighted by atomic mass is 32.2. The Hall–Kier alpha value is -1.67. The van der Waals surface area contributed by atoms with Crippen molar-refractivity contribution in [2.45, 2.75) is 38.3 Å². The van der Waals surface area contributed by atoms with Crippen molar-refractivity contribution in [1.82, 2.24) is 14.8 Å². The molecule has 0 bridgehead atoms. The molecule has 0 aromatic carbocycles. The Labute approximate surface area is 147 Å². The van der Waals surface area contributed by atoms with E-state index in [0.717, 1.165) is 18.5 Å². The van der Waals surface area contributed by atoms with Crippen LogP contribution in [0.2, 0.25) is 0 Å². The number of hydrogen-bond acceptors (Lipinski definition) is 5. The number of carbonyl (C=O) groups is 2. The number of Topliss-reactive ketones (excluding diaryl/α,β-unsaturated/α-hetero) is 1. The summed E-state index contributed by atoms with van der Waals surface area (Å²) in [6, 6.07) is -0.492. The molecule has 0 saturated carbocycles. The fourth-order valence-electron chi connectivity index (χ4n) is 4.53. The number of fused-ring (bicyclic) bond motifs is 2. The van der Waals surface area contributed by atoms with E-state index in [-0.39, 0.29) is 35.3 Å². The quantitative estimate of drug-likeness (QED) is 0.778. The van der Waals surface area contributed by atoms with Crippen molar-refractivity contribution >= 4 is 21.5 Å². The minimum absolute atomic E-state index is 0.00730. The lowest BCUT2D eigenvalue weighted by Gasteiger charge is -2.42. The number of sulfone groups is 1. The third kappa shape index (κ3) is 2.62. The van der Waals surface area contributed by atoms with Crippen LogP contribution in [0, 0.1) is 6.92 Å². The lowest BCUT2D eigenvalue weighted by molar-refractivity contribution is 0.0407. The van der Waals surface area contributed by atoms with E-state index >= 15 is 0 Å². The second kappa shape index (κ2) is 5.67. The van der Waals surface area contributed by atoms with Crippen LogP contribution in [-0.4, -0.2) is 78.6 Å². The predicted molar refractivity (Wildman–Crippen MR) is 92.7 cm³/mol. The van der Waals surface area contributed by atoms with Gasteiger partial charge in [0.15, 0.2) is 15.6 Å². The summed E-state index contributed by atoms with van der Waals surface area (Å²) in [7, 11) is -1.24. The topological polar surface area (TPSA) is 90.6 Å². The molecule has 0 radical (unpaired) electrons. The number of hydrogen-bond donors (Lipinski definition) is 1. The minimum Gasteiger partial charge on any atom is -0.361 e. The van der Waals surface area contributed by atoms with Gasteiger partial charge in [-0.05, 0) is 26.8 Å². The zero-order valence-electron chi connectivity index (χ0n) is 14.5. The van der Waals surface area contributed by atoms with Crippen molar-refractivity contribution in [2.75, 3.05) is 31.6 Å². The third-order valence-corrected chi connectivity index (χ3v) is 7.50. The van der Waals surface area contributed by atoms with Gasteiger partial charge in [0.05, 0.1) is 28.7 Å². The molecule has 0 spiro atoms. The fourth-order valence-corrected chi connectivity index (χ4v) is 6.58. The van der Waals surface area contributed by atoms with Crippen molar-refractivity contribution in [1.29, 1.82) is 0 Å². The van der Waals surface area contributed by atoms with E-state index in [2.05, 4.69) is 4.98 Å². The molecule has 1 N–H and O–H groups in total. The number of piperazine rings is 1. The summed E-state index contributed by atoms with van der Waals surface area (Å²) in [5, 5.41) is 0. The third-order valence-electron chi connectivity index (χ3n) is 5.80. The Bertz CT molecular complexity index is 857. The molecule has 3 heterocycles. The van der Waals surface area contributed by atoms with E-state index in [1.54, 1.807) is 4.90 Å². The van der Waals surface area contributed by atoms with Crippen molar-refractivity contribution in [2.24, 2.45) is 0 Å². The van der Waals surface area contributed by atoms with Crippen molar-refractivity contribution in [3.05, 3.63) is 22.5 Å². The summed E-state index contributed by atoms with van der Waals surface area (Å²) in [6.45, 7) is 2.94. The normalized spacial score (nSPS) is 28.7. The van der Waals surface area contributed by atoms with Gasteiger partial charge in [0.25, 0.3) is 5.91 Å². The van der Waals surface area contributed by atoms with Crippen LogP contribution in [-0.2, 0) is 16.3 Å². The summed E-state index contributed by atoms with van der Waals surface area (Å²) in [5.41, 5.74) is 2.54. The standard InChI is InChI=1S/C17H23N3O4S/c1-10-15(16-11(18-10)4-3-5-14(16)21)17(22)20-7-6-19(2)12-8-25(23,24)9-13(12)20/h12-13,18H,3-9H2,1-2H3/t12-,13+/m1/s1. The number of amides is 1. The number of likely N-dealkylation sites (N-methyl/N-ethyl adjacent to an activating group) is 1. The van der Waals surface area contributed by atoms with Crippen LogP contribution in [0.4, 0.5) is 0 Å². The Morgan fingerprint density at radius 3 is 2.64 bits per heavy atom. The van der Waals surface area contributed by atoms with Crippen LogP contribution in [0.25, 0.3) is 0 Å². The van der Waals surface area contributed by atoms with E-state index in [0.29, 0.717) is 36.3 Å². The van der Waals surface area contributed by atoms with Crippen LogP contribution in [0.1, 0.15) is 44.9 Å². The predicted octanol–water partition coefficient (Wildman–Crippen LogP) is 0.395. The molecule has 1 aromatic rings. The lowest BCUT2D eigenvalue weighted by Crippen LogP contribution is -2.59. The van der Waals surface area contributed by atoms with Gasteiger partial charge in [-0.1, -0.05) is 0 Å². The molecule has 7 nitrogen and oxygen atoms in total. The van der Waals surface area contributed by atoms with Crippen molar-refractivity contribution in [3.8, 4) is 0 Å². The van der Waals surface area contributed by atoms with Crippen LogP contribution >= 0.6 is 0 Å². The minimum atomic E-state index is -3.15. The Balaban J connectivity index is 1.72. The Morgan fingerprint density at radius 1 is 1.16 bits per heavy atom. The van der Waals surface area contributed by atoms with Gasteiger partial charge in [-0.2, -0.15) is 0 Å². The van der Waals surface area contributed by atoms with Crippen molar-refractivity contribution in [3.63, 3.8) is 0 Å². The fraction of sp³-hybridized carbons (Fsp3) is 0.647. The number of aromatic nitrogens is 1. The molecule has 3 aliphatic rings. The molecule has 4 rings (SSSR count). The zero-order chi connectivity index (χ0) is 17.9. The van der Waals surface area contributed by atoms with Gasteiger partial charge in [-0.3, -0.25) is 14.5 Å². The maximum absolute atomic E-state index is 13.3. The summed E-state index contributed by atoms with van der Waals surface area (Å²) in [4.78, 5) is 32.6. The number of H-pyrrole nitrogens is 1. The SMILES string of the molecule is Cc1[nH]c2c(c1C(=O)N1CCN(C)[C@@H]3CS(=O)(=O)C[C@@H]31)C(=O)CCC2. The first-order valence-electron chi connectivity index (χ1n) is 8.75. The van der Waals surface area contributed by atoms with E-state index in [9.17, 15) is 18.0 Å². The molecule has 2 saturated heterocycles. The zero-order valence-corrected chi connectivity index (χ0v) is 15.4. The molecule has 25 heavy (non-hydrogen) atoms. The number of nitrogens with zero attached hydrogens (tertiary/aromatic N) is 2. The summed E-state index contributed by atoms with van der Waals surface area (Å²) >= 11 is 0. The second-order valence-electron chi connectivity index (χ2n) is 7.45. The first-order valence-corrected chi connectivity index (χ1v) is 10.6. The van der Waals surface area contributed by atoms with Gasteiger partial charge in [-0.25, -0.2) is 8.42 Å². The van der Waals surface area contributed by atoms with Crippen LogP contribution in [0.3, 0.4) is 0 Å². The van der Waals surface area contributed by atoms with Gasteiger partial charge in [0, 0.05) is 36.9 Å². The highest BCUT2D eigenvalue weighted by molar-refractivity contribution is 7.91. The first-order chi connectivity index (χ1) is 11.8. The number of aromatic amines is 1. The van der Waals surface area contributed by atoms with Crippen LogP contribution in [0.5, 0.6) is 0 Å². The van der Waals surface area contributed by atoms with E-state index in [4.69, 9.17) is 0 Å². The van der Waals surface area contributed by atoms with E-state index < -0.39 is 9.84 Å². The van der Waals surface area contributed by atoms with Crippen LogP contribution in [0.15, 0.2) is 0 Å². The molecule has 0 unspecified atom stereocenters. The number of carbonyl (C=O) groups excluding carboxylic acids is 2. The summed E-state index contributed by atoms with van der Waals surface area (Å²) in [5.74, 6) is -0.0850. The maximum Gasteiger partial charge on any atom is 0.256 e. The van der Waals surface area contributed by atoms with Crippen molar-refractivity contribution < 1.29 is 18.0 Å². The van der Waals surface area contributed by atoms with E-state index in [1.165, 1.54) is 0 Å². The molecular formula is C17H23N3O4S. The number of rotatable bonds is 1. The molecule has 2 aliphatic heterocycles. The van der Waals surface area contributed by atoms with E-state index in [1.807, 2.05) is 18.9 Å². The molecular weight excluding hydrogens is 342 g/mol. The Morgan fingerprint density at radius 2 is 1.88 bits per heavy atom. The maximum atomic E-state index is 13.3. The molecule has 136 valence electrons. The Kier molecular flexibility index (Phi) is 3.81. The monoisotopic (exact) mass is 365 g/mol. The van der Waals surface area contributed by atoms with Gasteiger partial charge in [-0.15, -0.1) is 0 Å². The average Bonchev–Trinajstić information content (AvgIpc) is 3.04. The van der Waals surface area contributed by atoms with Gasteiger partial charge < -0.3 is 9.88 Å². The smallest absolute Gasteiger partial charge is 0.256 e. The second-order valence-corrected chi connectivity index (χ2v) is 9.60. The van der Waals surface area contributed by atoms with Gasteiger partial charge in [0.1, 0.15) is 0 Å². The number of ketones is 1. The number of nitrogens with one attached hydrogen (secondary N) is 1. The highest BCUT2D eigenvalue weighted by Gasteiger charge is 2.47. The molecule has 2 atom stereocenters. The number of aryl methyl sites for hydroxylation is 2. The van der Waals surface area contributed by atoms with Gasteiger partial charge in [0.2, 0.25) is 0 Å². The first kappa shape index (κ1) is 16.8. The molecule has 2 fully saturated rings. The summed E-state index contributed by atoms with van der Waals surface area (Å²) in [6.07, 6.45) is 2.04. The molecule has 8 heteroatoms. The largest absolute Gasteiger partial charge is 0.361 e. The van der Waals surface area contributed by atoms with Gasteiger partial charge >= 0.3 is 0 Å². The molecule has 1 aromatic heterocycles.